The van der Waals surface area contributed by atoms with Crippen LogP contribution in [0.25, 0.3) is 10.6 Å². The Hall–Kier alpha value is -2.71. The first-order chi connectivity index (χ1) is 13.3. The fourth-order valence-corrected chi connectivity index (χ4v) is 3.78. The number of aryl methyl sites for hydroxylation is 1. The second-order valence-corrected chi connectivity index (χ2v) is 7.56. The first-order valence-electron chi connectivity index (χ1n) is 8.49. The summed E-state index contributed by atoms with van der Waals surface area (Å²) in [6.07, 6.45) is -0.0612. The van der Waals surface area contributed by atoms with Crippen LogP contribution in [0.1, 0.15) is 22.4 Å². The van der Waals surface area contributed by atoms with Crippen molar-refractivity contribution in [3.8, 4) is 10.6 Å². The minimum atomic E-state index is -0.660. The molecule has 1 heterocycles. The van der Waals surface area contributed by atoms with E-state index in [1.165, 1.54) is 29.5 Å². The van der Waals surface area contributed by atoms with Crippen molar-refractivity contribution in [1.29, 1.82) is 0 Å². The zero-order valence-electron chi connectivity index (χ0n) is 15.6. The Morgan fingerprint density at radius 2 is 1.96 bits per heavy atom. The van der Waals surface area contributed by atoms with E-state index in [0.717, 1.165) is 5.69 Å². The highest BCUT2D eigenvalue weighted by molar-refractivity contribution is 7.13. The van der Waals surface area contributed by atoms with Gasteiger partial charge in [-0.3, -0.25) is 10.1 Å². The van der Waals surface area contributed by atoms with Gasteiger partial charge in [0.1, 0.15) is 16.6 Å². The molecule has 0 saturated heterocycles. The normalized spacial score (nSPS) is 11.2. The summed E-state index contributed by atoms with van der Waals surface area (Å²) in [5.41, 5.74) is 1.73. The number of nitro benzene ring substituents is 1. The van der Waals surface area contributed by atoms with E-state index in [9.17, 15) is 18.9 Å². The first kappa shape index (κ1) is 20.0. The number of nitro groups is 1. The SMILES string of the molecule is Cc1csc(-c2cc(Cc3c(F)cccc3F)[c]c(CN(C)C)c2[N+](=O)[O-])n1. The number of benzene rings is 2. The van der Waals surface area contributed by atoms with Crippen LogP contribution in [0.5, 0.6) is 0 Å². The highest BCUT2D eigenvalue weighted by Crippen LogP contribution is 2.37. The van der Waals surface area contributed by atoms with Crippen LogP contribution in [0.4, 0.5) is 14.5 Å². The molecule has 0 amide bonds. The van der Waals surface area contributed by atoms with Crippen LogP contribution < -0.4 is 0 Å². The number of aromatic nitrogens is 1. The highest BCUT2D eigenvalue weighted by atomic mass is 32.1. The molecule has 0 aliphatic rings. The molecule has 0 aliphatic carbocycles. The third kappa shape index (κ3) is 4.23. The predicted octanol–water partition coefficient (Wildman–Crippen LogP) is 4.76. The zero-order chi connectivity index (χ0) is 20.4. The lowest BCUT2D eigenvalue weighted by Crippen LogP contribution is -2.13. The van der Waals surface area contributed by atoms with Gasteiger partial charge in [0.05, 0.1) is 16.1 Å². The van der Waals surface area contributed by atoms with Crippen LogP contribution in [0.2, 0.25) is 0 Å². The minimum absolute atomic E-state index is 0.0612. The minimum Gasteiger partial charge on any atom is -0.305 e. The van der Waals surface area contributed by atoms with E-state index in [4.69, 9.17) is 0 Å². The van der Waals surface area contributed by atoms with Crippen molar-refractivity contribution < 1.29 is 13.7 Å². The number of rotatable bonds is 6. The molecule has 0 N–H and O–H groups in total. The smallest absolute Gasteiger partial charge is 0.284 e. The molecule has 3 rings (SSSR count). The van der Waals surface area contributed by atoms with Gasteiger partial charge in [0.2, 0.25) is 0 Å². The van der Waals surface area contributed by atoms with Crippen molar-refractivity contribution in [2.45, 2.75) is 19.9 Å². The highest BCUT2D eigenvalue weighted by Gasteiger charge is 2.25. The molecule has 28 heavy (non-hydrogen) atoms. The lowest BCUT2D eigenvalue weighted by atomic mass is 9.97. The average molecular weight is 402 g/mol. The molecule has 0 spiro atoms. The summed E-state index contributed by atoms with van der Waals surface area (Å²) in [4.78, 5) is 17.5. The molecule has 1 aromatic heterocycles. The van der Waals surface area contributed by atoms with Gasteiger partial charge in [-0.2, -0.15) is 0 Å². The molecule has 8 heteroatoms. The summed E-state index contributed by atoms with van der Waals surface area (Å²) >= 11 is 1.29. The van der Waals surface area contributed by atoms with E-state index in [0.29, 0.717) is 21.7 Å². The van der Waals surface area contributed by atoms with E-state index in [-0.39, 0.29) is 24.2 Å². The molecule has 2 aromatic carbocycles. The van der Waals surface area contributed by atoms with E-state index < -0.39 is 16.6 Å². The van der Waals surface area contributed by atoms with Gasteiger partial charge >= 0.3 is 0 Å². The Morgan fingerprint density at radius 1 is 1.29 bits per heavy atom. The van der Waals surface area contributed by atoms with Crippen LogP contribution in [-0.4, -0.2) is 28.9 Å². The number of halogens is 2. The van der Waals surface area contributed by atoms with Crippen LogP contribution in [0.15, 0.2) is 29.6 Å². The van der Waals surface area contributed by atoms with E-state index in [2.05, 4.69) is 11.1 Å². The molecule has 0 unspecified atom stereocenters. The van der Waals surface area contributed by atoms with Crippen LogP contribution in [-0.2, 0) is 13.0 Å². The molecule has 0 saturated carbocycles. The average Bonchev–Trinajstić information content (AvgIpc) is 3.03. The van der Waals surface area contributed by atoms with Gasteiger partial charge in [-0.25, -0.2) is 13.8 Å². The van der Waals surface area contributed by atoms with Gasteiger partial charge in [-0.05, 0) is 50.8 Å². The van der Waals surface area contributed by atoms with Crippen molar-refractivity contribution in [2.75, 3.05) is 14.1 Å². The fourth-order valence-electron chi connectivity index (χ4n) is 2.96. The van der Waals surface area contributed by atoms with Gasteiger partial charge in [0.15, 0.2) is 0 Å². The molecule has 0 aliphatic heterocycles. The van der Waals surface area contributed by atoms with E-state index in [1.807, 2.05) is 0 Å². The van der Waals surface area contributed by atoms with E-state index in [1.54, 1.807) is 37.4 Å². The Bertz CT molecular complexity index is 1010. The Balaban J connectivity index is 2.19. The number of thiazole rings is 1. The summed E-state index contributed by atoms with van der Waals surface area (Å²) in [6.45, 7) is 2.07. The maximum Gasteiger partial charge on any atom is 0.284 e. The Morgan fingerprint density at radius 3 is 2.50 bits per heavy atom. The maximum atomic E-state index is 14.1. The number of hydrogen-bond donors (Lipinski definition) is 0. The lowest BCUT2D eigenvalue weighted by Gasteiger charge is -2.14. The molecule has 5 nitrogen and oxygen atoms in total. The van der Waals surface area contributed by atoms with Crippen LogP contribution >= 0.6 is 11.3 Å². The number of nitrogens with zero attached hydrogens (tertiary/aromatic N) is 3. The van der Waals surface area contributed by atoms with Crippen molar-refractivity contribution >= 4 is 17.0 Å². The Kier molecular flexibility index (Phi) is 5.81. The topological polar surface area (TPSA) is 59.3 Å². The van der Waals surface area contributed by atoms with Gasteiger partial charge in [-0.1, -0.05) is 6.07 Å². The largest absolute Gasteiger partial charge is 0.305 e. The first-order valence-corrected chi connectivity index (χ1v) is 9.36. The molecule has 3 aromatic rings. The summed E-state index contributed by atoms with van der Waals surface area (Å²) < 4.78 is 28.2. The summed E-state index contributed by atoms with van der Waals surface area (Å²) in [5, 5.41) is 14.1. The van der Waals surface area contributed by atoms with Gasteiger partial charge < -0.3 is 4.90 Å². The van der Waals surface area contributed by atoms with Gasteiger partial charge in [0.25, 0.3) is 5.69 Å². The second-order valence-electron chi connectivity index (χ2n) is 6.70. The van der Waals surface area contributed by atoms with Crippen LogP contribution in [0.3, 0.4) is 0 Å². The summed E-state index contributed by atoms with van der Waals surface area (Å²) in [5.74, 6) is -1.32. The standard InChI is InChI=1S/C20H18F2N3O2S/c1-12-11-28-20(23-12)16-9-13(8-15-17(21)5-4-6-18(15)22)7-14(10-24(2)3)19(16)25(26)27/h4-6,9,11H,8,10H2,1-3H3. The molecule has 0 fully saturated rings. The lowest BCUT2D eigenvalue weighted by molar-refractivity contribution is -0.385. The summed E-state index contributed by atoms with van der Waals surface area (Å²) in [7, 11) is 3.57. The van der Waals surface area contributed by atoms with Crippen molar-refractivity contribution in [3.05, 3.63) is 79.8 Å². The van der Waals surface area contributed by atoms with Crippen molar-refractivity contribution in [3.63, 3.8) is 0 Å². The predicted molar refractivity (Wildman–Crippen MR) is 104 cm³/mol. The zero-order valence-corrected chi connectivity index (χ0v) is 16.4. The molecule has 0 bridgehead atoms. The Labute approximate surface area is 165 Å². The molecular formula is C20H18F2N3O2S. The van der Waals surface area contributed by atoms with E-state index >= 15 is 0 Å². The quantitative estimate of drug-likeness (QED) is 0.441. The number of hydrogen-bond acceptors (Lipinski definition) is 5. The second kappa shape index (κ2) is 8.12. The van der Waals surface area contributed by atoms with Gasteiger partial charge in [-0.15, -0.1) is 11.3 Å². The molecule has 1 radical (unpaired) electrons. The van der Waals surface area contributed by atoms with Gasteiger partial charge in [0, 0.05) is 29.6 Å². The van der Waals surface area contributed by atoms with Crippen LogP contribution in [0, 0.1) is 34.7 Å². The summed E-state index contributed by atoms with van der Waals surface area (Å²) in [6, 6.07) is 8.24. The van der Waals surface area contributed by atoms with Crippen molar-refractivity contribution in [1.82, 2.24) is 9.88 Å². The maximum absolute atomic E-state index is 14.1. The molecular weight excluding hydrogens is 384 g/mol. The molecule has 145 valence electrons. The molecule has 0 atom stereocenters. The third-order valence-corrected chi connectivity index (χ3v) is 5.10. The van der Waals surface area contributed by atoms with Crippen molar-refractivity contribution in [2.24, 2.45) is 0 Å². The third-order valence-electron chi connectivity index (χ3n) is 4.11. The monoisotopic (exact) mass is 402 g/mol. The fraction of sp³-hybridized carbons (Fsp3) is 0.250.